The van der Waals surface area contributed by atoms with Crippen molar-refractivity contribution in [3.8, 4) is 0 Å². The summed E-state index contributed by atoms with van der Waals surface area (Å²) in [6.07, 6.45) is 2.92. The van der Waals surface area contributed by atoms with Gasteiger partial charge >= 0.3 is 5.97 Å². The van der Waals surface area contributed by atoms with Crippen LogP contribution in [0.4, 0.5) is 0 Å². The molecule has 0 amide bonds. The summed E-state index contributed by atoms with van der Waals surface area (Å²) in [6.45, 7) is 5.00. The molecule has 112 valence electrons. The third kappa shape index (κ3) is 5.08. The number of nitrogens with zero attached hydrogens (tertiary/aromatic N) is 1. The number of rotatable bonds is 7. The number of carboxylic acids is 1. The highest BCUT2D eigenvalue weighted by molar-refractivity contribution is 7.87. The Labute approximate surface area is 115 Å². The second-order valence-corrected chi connectivity index (χ2v) is 7.01. The van der Waals surface area contributed by atoms with Crippen molar-refractivity contribution in [2.45, 2.75) is 39.5 Å². The molecule has 1 fully saturated rings. The molecule has 1 unspecified atom stereocenters. The fourth-order valence-corrected chi connectivity index (χ4v) is 3.47. The Balaban J connectivity index is 2.52. The normalized spacial score (nSPS) is 20.3. The van der Waals surface area contributed by atoms with Gasteiger partial charge in [0.25, 0.3) is 10.2 Å². The average Bonchev–Trinajstić information content (AvgIpc) is 2.34. The van der Waals surface area contributed by atoms with Crippen LogP contribution < -0.4 is 4.72 Å². The number of nitrogens with one attached hydrogen (secondary N) is 1. The summed E-state index contributed by atoms with van der Waals surface area (Å²) in [6, 6.07) is 0. The maximum Gasteiger partial charge on any atom is 0.307 e. The Hall–Kier alpha value is -0.660. The monoisotopic (exact) mass is 292 g/mol. The second kappa shape index (κ2) is 7.21. The van der Waals surface area contributed by atoms with Crippen LogP contribution in [0.3, 0.4) is 0 Å². The van der Waals surface area contributed by atoms with Crippen molar-refractivity contribution in [3.63, 3.8) is 0 Å². The highest BCUT2D eigenvalue weighted by Gasteiger charge is 2.27. The average molecular weight is 292 g/mol. The summed E-state index contributed by atoms with van der Waals surface area (Å²) < 4.78 is 27.9. The van der Waals surface area contributed by atoms with Crippen molar-refractivity contribution in [1.29, 1.82) is 0 Å². The Morgan fingerprint density at radius 1 is 1.42 bits per heavy atom. The van der Waals surface area contributed by atoms with E-state index < -0.39 is 22.1 Å². The summed E-state index contributed by atoms with van der Waals surface area (Å²) >= 11 is 0. The lowest BCUT2D eigenvalue weighted by Gasteiger charge is -2.29. The van der Waals surface area contributed by atoms with Gasteiger partial charge in [0.2, 0.25) is 0 Å². The van der Waals surface area contributed by atoms with Crippen LogP contribution in [0.15, 0.2) is 0 Å². The molecule has 1 atom stereocenters. The molecular formula is C12H24N2O4S. The predicted molar refractivity (Wildman–Crippen MR) is 72.9 cm³/mol. The van der Waals surface area contributed by atoms with Gasteiger partial charge in [-0.25, -0.2) is 4.72 Å². The van der Waals surface area contributed by atoms with Crippen LogP contribution in [0.5, 0.6) is 0 Å². The topological polar surface area (TPSA) is 86.7 Å². The third-order valence-corrected chi connectivity index (χ3v) is 5.16. The largest absolute Gasteiger partial charge is 0.481 e. The zero-order valence-electron chi connectivity index (χ0n) is 11.6. The van der Waals surface area contributed by atoms with E-state index in [1.54, 1.807) is 0 Å². The quantitative estimate of drug-likeness (QED) is 0.734. The molecular weight excluding hydrogens is 268 g/mol. The zero-order valence-corrected chi connectivity index (χ0v) is 12.4. The molecule has 0 aromatic heterocycles. The molecule has 0 spiro atoms. The lowest BCUT2D eigenvalue weighted by atomic mass is 10.0. The van der Waals surface area contributed by atoms with Crippen molar-refractivity contribution in [2.24, 2.45) is 11.8 Å². The minimum absolute atomic E-state index is 0.0302. The van der Waals surface area contributed by atoms with Crippen molar-refractivity contribution in [3.05, 3.63) is 0 Å². The van der Waals surface area contributed by atoms with Gasteiger partial charge in [-0.05, 0) is 25.2 Å². The first-order valence-corrected chi connectivity index (χ1v) is 8.28. The fraction of sp³-hybridized carbons (Fsp3) is 0.917. The van der Waals surface area contributed by atoms with Crippen molar-refractivity contribution >= 4 is 16.2 Å². The first kappa shape index (κ1) is 16.4. The highest BCUT2D eigenvalue weighted by atomic mass is 32.2. The lowest BCUT2D eigenvalue weighted by molar-refractivity contribution is -0.141. The van der Waals surface area contributed by atoms with Gasteiger partial charge < -0.3 is 5.11 Å². The molecule has 0 saturated carbocycles. The molecule has 7 heteroatoms. The van der Waals surface area contributed by atoms with Crippen molar-refractivity contribution in [2.75, 3.05) is 19.6 Å². The number of hydrogen-bond donors (Lipinski definition) is 2. The minimum atomic E-state index is -3.53. The maximum absolute atomic E-state index is 12.0. The standard InChI is InChI=1S/C12H24N2O4S/c1-3-4-11(12(15)16)9-13-19(17,18)14-7-5-10(2)6-8-14/h10-11,13H,3-9H2,1-2H3,(H,15,16). The first-order valence-electron chi connectivity index (χ1n) is 6.84. The summed E-state index contributed by atoms with van der Waals surface area (Å²) in [5.41, 5.74) is 0. The molecule has 1 aliphatic heterocycles. The number of carbonyl (C=O) groups is 1. The maximum atomic E-state index is 12.0. The summed E-state index contributed by atoms with van der Waals surface area (Å²) in [5, 5.41) is 9.00. The molecule has 0 radical (unpaired) electrons. The summed E-state index contributed by atoms with van der Waals surface area (Å²) in [5.74, 6) is -1.04. The number of carboxylic acid groups (broad SMARTS) is 1. The van der Waals surface area contributed by atoms with Gasteiger partial charge in [0.05, 0.1) is 5.92 Å². The van der Waals surface area contributed by atoms with E-state index in [0.29, 0.717) is 25.4 Å². The summed E-state index contributed by atoms with van der Waals surface area (Å²) in [4.78, 5) is 11.0. The minimum Gasteiger partial charge on any atom is -0.481 e. The van der Waals surface area contributed by atoms with Crippen molar-refractivity contribution < 1.29 is 18.3 Å². The van der Waals surface area contributed by atoms with E-state index in [0.717, 1.165) is 19.3 Å². The molecule has 2 N–H and O–H groups in total. The molecule has 0 aromatic carbocycles. The van der Waals surface area contributed by atoms with E-state index in [1.165, 1.54) is 4.31 Å². The van der Waals surface area contributed by atoms with Crippen LogP contribution in [-0.2, 0) is 15.0 Å². The Kier molecular flexibility index (Phi) is 6.22. The van der Waals surface area contributed by atoms with Crippen LogP contribution in [0.2, 0.25) is 0 Å². The highest BCUT2D eigenvalue weighted by Crippen LogP contribution is 2.18. The van der Waals surface area contributed by atoms with Gasteiger partial charge in [0, 0.05) is 19.6 Å². The van der Waals surface area contributed by atoms with E-state index in [1.807, 2.05) is 6.92 Å². The Bertz CT molecular complexity index is 389. The van der Waals surface area contributed by atoms with E-state index in [9.17, 15) is 13.2 Å². The number of aliphatic carboxylic acids is 1. The second-order valence-electron chi connectivity index (χ2n) is 5.26. The van der Waals surface area contributed by atoms with Crippen LogP contribution >= 0.6 is 0 Å². The number of hydrogen-bond acceptors (Lipinski definition) is 3. The molecule has 19 heavy (non-hydrogen) atoms. The van der Waals surface area contributed by atoms with Crippen LogP contribution in [0, 0.1) is 11.8 Å². The van der Waals surface area contributed by atoms with E-state index in [2.05, 4.69) is 11.6 Å². The SMILES string of the molecule is CCCC(CNS(=O)(=O)N1CCC(C)CC1)C(=O)O. The summed E-state index contributed by atoms with van der Waals surface area (Å²) in [7, 11) is -3.53. The van der Waals surface area contributed by atoms with Crippen LogP contribution in [0.25, 0.3) is 0 Å². The van der Waals surface area contributed by atoms with E-state index in [-0.39, 0.29) is 6.54 Å². The van der Waals surface area contributed by atoms with E-state index in [4.69, 9.17) is 5.11 Å². The smallest absolute Gasteiger partial charge is 0.307 e. The molecule has 1 saturated heterocycles. The molecule has 0 aliphatic carbocycles. The van der Waals surface area contributed by atoms with Gasteiger partial charge in [0.1, 0.15) is 0 Å². The van der Waals surface area contributed by atoms with Gasteiger partial charge in [-0.1, -0.05) is 20.3 Å². The molecule has 1 aliphatic rings. The van der Waals surface area contributed by atoms with Gasteiger partial charge in [-0.15, -0.1) is 0 Å². The van der Waals surface area contributed by atoms with E-state index >= 15 is 0 Å². The van der Waals surface area contributed by atoms with Crippen LogP contribution in [0.1, 0.15) is 39.5 Å². The fourth-order valence-electron chi connectivity index (χ4n) is 2.18. The van der Waals surface area contributed by atoms with Crippen molar-refractivity contribution in [1.82, 2.24) is 9.03 Å². The van der Waals surface area contributed by atoms with Crippen LogP contribution in [-0.4, -0.2) is 43.4 Å². The molecule has 0 aromatic rings. The zero-order chi connectivity index (χ0) is 14.5. The number of piperidine rings is 1. The third-order valence-electron chi connectivity index (χ3n) is 3.58. The van der Waals surface area contributed by atoms with Gasteiger partial charge in [0.15, 0.2) is 0 Å². The molecule has 1 rings (SSSR count). The predicted octanol–water partition coefficient (Wildman–Crippen LogP) is 1.05. The molecule has 6 nitrogen and oxygen atoms in total. The lowest BCUT2D eigenvalue weighted by Crippen LogP contribution is -2.46. The first-order chi connectivity index (χ1) is 8.86. The molecule has 0 bridgehead atoms. The molecule has 1 heterocycles. The van der Waals surface area contributed by atoms with Gasteiger partial charge in [-0.2, -0.15) is 12.7 Å². The van der Waals surface area contributed by atoms with Gasteiger partial charge in [-0.3, -0.25) is 4.79 Å². The Morgan fingerprint density at radius 2 is 2.00 bits per heavy atom. The Morgan fingerprint density at radius 3 is 2.47 bits per heavy atom.